The molecule has 40 nitrogen and oxygen atoms in total. The van der Waals surface area contributed by atoms with Gasteiger partial charge in [0.05, 0.1) is 52.3 Å². The number of aliphatic hydroxyl groups excluding tert-OH is 16. The molecule has 5 aliphatic heterocycles. The summed E-state index contributed by atoms with van der Waals surface area (Å²) in [6.45, 7) is -4.86. The quantitative estimate of drug-likeness (QED) is 0.0340. The molecule has 42 heteroatoms. The summed E-state index contributed by atoms with van der Waals surface area (Å²) in [4.78, 5) is 37.4. The van der Waals surface area contributed by atoms with E-state index in [2.05, 4.69) is 24.3 Å². The number of amides is 3. The summed E-state index contributed by atoms with van der Waals surface area (Å²) in [5, 5.41) is 180. The second-order valence-corrected chi connectivity index (χ2v) is 21.9. The smallest absolute Gasteiger partial charge is 0.394 e. The summed E-state index contributed by atoms with van der Waals surface area (Å²) in [7, 11) is -10.8. The van der Waals surface area contributed by atoms with Crippen LogP contribution >= 0.6 is 0 Å². The number of hydrogen-bond acceptors (Lipinski definition) is 35. The Morgan fingerprint density at radius 3 is 1.36 bits per heavy atom. The van der Waals surface area contributed by atoms with Crippen LogP contribution in [0.4, 0.5) is 0 Å². The molecule has 0 saturated carbocycles. The van der Waals surface area contributed by atoms with Gasteiger partial charge in [0.1, 0.15) is 140 Å². The molecular weight excluding hydrogens is 1200 g/mol. The van der Waals surface area contributed by atoms with Crippen LogP contribution in [0, 0.1) is 0 Å². The van der Waals surface area contributed by atoms with Crippen molar-refractivity contribution in [2.45, 2.75) is 199 Å². The highest BCUT2D eigenvalue weighted by Gasteiger charge is 2.57. The molecule has 0 aromatic rings. The van der Waals surface area contributed by atoms with Gasteiger partial charge in [-0.1, -0.05) is 0 Å². The van der Waals surface area contributed by atoms with Crippen molar-refractivity contribution in [1.29, 1.82) is 0 Å². The molecule has 5 fully saturated rings. The molecule has 5 heterocycles. The van der Waals surface area contributed by atoms with Crippen LogP contribution in [0.1, 0.15) is 20.8 Å². The molecule has 490 valence electrons. The third-order valence-corrected chi connectivity index (χ3v) is 14.6. The Balaban J connectivity index is 1.49. The Morgan fingerprint density at radius 2 is 0.881 bits per heavy atom. The molecule has 0 radical (unpaired) electrons. The van der Waals surface area contributed by atoms with Gasteiger partial charge in [-0.2, -0.15) is 16.8 Å². The second-order valence-electron chi connectivity index (χ2n) is 19.8. The van der Waals surface area contributed by atoms with Crippen LogP contribution in [0.3, 0.4) is 0 Å². The van der Waals surface area contributed by atoms with Gasteiger partial charge in [-0.25, -0.2) is 8.37 Å². The number of nitrogens with one attached hydrogen (secondary N) is 3. The van der Waals surface area contributed by atoms with Crippen molar-refractivity contribution >= 4 is 38.5 Å². The largest absolute Gasteiger partial charge is 0.397 e. The van der Waals surface area contributed by atoms with Gasteiger partial charge < -0.3 is 145 Å². The molecule has 0 spiro atoms. The number of hydrogen-bond donors (Lipinski definition) is 21. The van der Waals surface area contributed by atoms with Gasteiger partial charge in [0, 0.05) is 20.8 Å². The lowest BCUT2D eigenvalue weighted by atomic mass is 9.94. The lowest BCUT2D eigenvalue weighted by Gasteiger charge is -2.49. The first-order valence-electron chi connectivity index (χ1n) is 25.3. The van der Waals surface area contributed by atoms with Gasteiger partial charge in [0.25, 0.3) is 0 Å². The van der Waals surface area contributed by atoms with Crippen LogP contribution in [0.2, 0.25) is 0 Å². The molecule has 21 N–H and O–H groups in total. The Morgan fingerprint density at radius 1 is 0.464 bits per heavy atom. The monoisotopic (exact) mass is 1280 g/mol. The second kappa shape index (κ2) is 31.0. The minimum absolute atomic E-state index is 0.871. The molecular formula is C42H73N3O37S2. The van der Waals surface area contributed by atoms with Crippen LogP contribution in [-0.2, 0) is 90.9 Å². The first kappa shape index (κ1) is 71.9. The normalized spacial score (nSPS) is 41.1. The number of aliphatic hydroxyl groups is 16. The van der Waals surface area contributed by atoms with Crippen LogP contribution < -0.4 is 16.0 Å². The maximum Gasteiger partial charge on any atom is 0.397 e. The third kappa shape index (κ3) is 18.1. The van der Waals surface area contributed by atoms with E-state index in [0.29, 0.717) is 0 Å². The van der Waals surface area contributed by atoms with Crippen LogP contribution in [0.15, 0.2) is 0 Å². The third-order valence-electron chi connectivity index (χ3n) is 13.7. The average Bonchev–Trinajstić information content (AvgIpc) is 2.76. The van der Waals surface area contributed by atoms with Crippen molar-refractivity contribution in [3.05, 3.63) is 0 Å². The fraction of sp³-hybridized carbons (Fsp3) is 0.929. The Kier molecular flexibility index (Phi) is 26.5. The standard InChI is InChI=1S/C42H73N3O37S2/c1-11(51)43-14(4-46)33(23(55)15(54)5-47)78-41-30(62)35(80-39-21(44-12(2)52)28(60)24(56)19(76-39)9-72-40-31(63)36(81-83(65,66)67)25(57)16(6-48)73-40)27(59)20(77-41)10-71-38-22(45-13(3)53)29(61)34(18(8-50)75-38)79-42-32(64)37(82-84(68,69)70)26(58)17(7-49)74-42/h14-42,46-50,54-64H,4-10H2,1-3H3,(H,43,51)(H,44,52)(H,45,53)(H,65,66,67)(H,68,69,70). The summed E-state index contributed by atoms with van der Waals surface area (Å²) < 4.78 is 131. The van der Waals surface area contributed by atoms with E-state index in [1.807, 2.05) is 0 Å². The molecule has 0 aromatic heterocycles. The van der Waals surface area contributed by atoms with Gasteiger partial charge in [-0.15, -0.1) is 0 Å². The highest BCUT2D eigenvalue weighted by molar-refractivity contribution is 7.81. The fourth-order valence-corrected chi connectivity index (χ4v) is 10.6. The van der Waals surface area contributed by atoms with Crippen molar-refractivity contribution in [2.75, 3.05) is 46.2 Å². The summed E-state index contributed by atoms with van der Waals surface area (Å²) in [6.07, 6.45) is -55.5. The Labute approximate surface area is 476 Å². The van der Waals surface area contributed by atoms with Gasteiger partial charge in [0.15, 0.2) is 31.5 Å². The van der Waals surface area contributed by atoms with Crippen molar-refractivity contribution in [1.82, 2.24) is 16.0 Å². The maximum absolute atomic E-state index is 12.6. The molecule has 29 unspecified atom stereocenters. The topological polar surface area (TPSA) is 630 Å². The van der Waals surface area contributed by atoms with Crippen molar-refractivity contribution < 1.29 is 178 Å². The van der Waals surface area contributed by atoms with E-state index in [9.17, 15) is 122 Å². The van der Waals surface area contributed by atoms with E-state index in [1.165, 1.54) is 0 Å². The molecule has 5 aliphatic rings. The van der Waals surface area contributed by atoms with Crippen LogP contribution in [0.25, 0.3) is 0 Å². The summed E-state index contributed by atoms with van der Waals surface area (Å²) in [6, 6.07) is -5.48. The highest BCUT2D eigenvalue weighted by atomic mass is 32.3. The number of rotatable bonds is 27. The minimum atomic E-state index is -5.42. The number of carbonyl (C=O) groups excluding carboxylic acids is 3. The summed E-state index contributed by atoms with van der Waals surface area (Å²) in [5.41, 5.74) is 0. The molecule has 0 bridgehead atoms. The maximum atomic E-state index is 12.6. The molecule has 84 heavy (non-hydrogen) atoms. The summed E-state index contributed by atoms with van der Waals surface area (Å²) in [5.74, 6) is -2.73. The van der Waals surface area contributed by atoms with Crippen molar-refractivity contribution in [3.63, 3.8) is 0 Å². The first-order chi connectivity index (χ1) is 39.2. The number of carbonyl (C=O) groups is 3. The SMILES string of the molecule is CC(=O)NC(CO)C(OC1OC(COC2OC(CO)C(OC3OC(CO)C(O)C(OS(=O)(=O)O)C3O)C(O)C2NC(C)=O)C(O)C(OC2OC(COC3OC(CO)C(O)C(OS(=O)(=O)O)C3O)C(O)C(O)C2NC(C)=O)C1O)C(O)C(O)CO. The van der Waals surface area contributed by atoms with Gasteiger partial charge >= 0.3 is 20.8 Å². The van der Waals surface area contributed by atoms with Gasteiger partial charge in [0.2, 0.25) is 17.7 Å². The molecule has 5 saturated heterocycles. The predicted octanol–water partition coefficient (Wildman–Crippen LogP) is -14.4. The lowest BCUT2D eigenvalue weighted by molar-refractivity contribution is -0.368. The molecule has 5 rings (SSSR count). The fourth-order valence-electron chi connectivity index (χ4n) is 9.59. The minimum Gasteiger partial charge on any atom is -0.394 e. The van der Waals surface area contributed by atoms with Crippen molar-refractivity contribution in [3.8, 4) is 0 Å². The van der Waals surface area contributed by atoms with Crippen LogP contribution in [-0.4, -0.2) is 349 Å². The van der Waals surface area contributed by atoms with Gasteiger partial charge in [-0.3, -0.25) is 23.5 Å². The van der Waals surface area contributed by atoms with E-state index >= 15 is 0 Å². The van der Waals surface area contributed by atoms with E-state index in [-0.39, 0.29) is 0 Å². The van der Waals surface area contributed by atoms with Crippen LogP contribution in [0.5, 0.6) is 0 Å². The zero-order valence-electron chi connectivity index (χ0n) is 44.3. The molecule has 0 aromatic carbocycles. The predicted molar refractivity (Wildman–Crippen MR) is 257 cm³/mol. The zero-order valence-corrected chi connectivity index (χ0v) is 45.9. The molecule has 29 atom stereocenters. The number of ether oxygens (including phenoxy) is 10. The highest BCUT2D eigenvalue weighted by Crippen LogP contribution is 2.35. The van der Waals surface area contributed by atoms with E-state index in [0.717, 1.165) is 20.8 Å². The first-order valence-corrected chi connectivity index (χ1v) is 28.1. The van der Waals surface area contributed by atoms with Gasteiger partial charge in [-0.05, 0) is 0 Å². The Bertz CT molecular complexity index is 2340. The zero-order chi connectivity index (χ0) is 63.0. The van der Waals surface area contributed by atoms with E-state index in [1.54, 1.807) is 0 Å². The van der Waals surface area contributed by atoms with Crippen molar-refractivity contribution in [2.24, 2.45) is 0 Å². The lowest BCUT2D eigenvalue weighted by Crippen LogP contribution is -2.69. The van der Waals surface area contributed by atoms with E-state index in [4.69, 9.17) is 47.4 Å². The summed E-state index contributed by atoms with van der Waals surface area (Å²) >= 11 is 0. The average molecular weight is 1280 g/mol. The molecule has 3 amide bonds. The Hall–Kier alpha value is -2.89. The molecule has 0 aliphatic carbocycles. The van der Waals surface area contributed by atoms with E-state index < -0.39 is 263 Å².